The Labute approximate surface area is 148 Å². The first-order valence-electron chi connectivity index (χ1n) is 8.24. The van der Waals surface area contributed by atoms with Crippen LogP contribution in [0.2, 0.25) is 0 Å². The predicted octanol–water partition coefficient (Wildman–Crippen LogP) is 4.28. The Bertz CT molecular complexity index is 969. The molecule has 0 aliphatic carbocycles. The number of ether oxygens (including phenoxy) is 1. The van der Waals surface area contributed by atoms with Gasteiger partial charge in [0, 0.05) is 16.8 Å². The SMILES string of the molecule is CCOc1ccc(S(=O)(=O)NC(C)c2ccccc2)c2ccccc12. The smallest absolute Gasteiger partial charge is 0.241 e. The van der Waals surface area contributed by atoms with E-state index in [4.69, 9.17) is 4.74 Å². The van der Waals surface area contributed by atoms with Crippen LogP contribution in [0.1, 0.15) is 25.5 Å². The standard InChI is InChI=1S/C20H21NO3S/c1-3-24-19-13-14-20(18-12-8-7-11-17(18)19)25(22,23)21-15(2)16-9-5-4-6-10-16/h4-15,21H,3H2,1-2H3. The number of benzene rings is 3. The van der Waals surface area contributed by atoms with Gasteiger partial charge in [0.2, 0.25) is 10.0 Å². The summed E-state index contributed by atoms with van der Waals surface area (Å²) in [5.74, 6) is 0.688. The van der Waals surface area contributed by atoms with Crippen molar-refractivity contribution in [2.24, 2.45) is 0 Å². The van der Waals surface area contributed by atoms with Crippen LogP contribution in [0.15, 0.2) is 71.6 Å². The van der Waals surface area contributed by atoms with Gasteiger partial charge in [-0.3, -0.25) is 0 Å². The molecule has 0 aliphatic rings. The zero-order chi connectivity index (χ0) is 17.9. The molecule has 4 nitrogen and oxygen atoms in total. The lowest BCUT2D eigenvalue weighted by Gasteiger charge is -2.17. The predicted molar refractivity (Wildman–Crippen MR) is 100 cm³/mol. The van der Waals surface area contributed by atoms with E-state index in [1.54, 1.807) is 18.2 Å². The Morgan fingerprint density at radius 3 is 2.24 bits per heavy atom. The van der Waals surface area contributed by atoms with Gasteiger partial charge in [0.15, 0.2) is 0 Å². The van der Waals surface area contributed by atoms with Crippen LogP contribution in [0.25, 0.3) is 10.8 Å². The molecular weight excluding hydrogens is 334 g/mol. The molecule has 3 rings (SSSR count). The highest BCUT2D eigenvalue weighted by molar-refractivity contribution is 7.89. The van der Waals surface area contributed by atoms with Crippen LogP contribution in [-0.2, 0) is 10.0 Å². The van der Waals surface area contributed by atoms with Gasteiger partial charge in [-0.05, 0) is 31.5 Å². The third-order valence-corrected chi connectivity index (χ3v) is 5.66. The summed E-state index contributed by atoms with van der Waals surface area (Å²) in [5.41, 5.74) is 0.918. The zero-order valence-corrected chi connectivity index (χ0v) is 15.1. The number of sulfonamides is 1. The molecule has 0 bridgehead atoms. The maximum Gasteiger partial charge on any atom is 0.241 e. The van der Waals surface area contributed by atoms with Crippen molar-refractivity contribution in [1.29, 1.82) is 0 Å². The fourth-order valence-electron chi connectivity index (χ4n) is 2.87. The molecule has 130 valence electrons. The zero-order valence-electron chi connectivity index (χ0n) is 14.3. The van der Waals surface area contributed by atoms with Crippen molar-refractivity contribution in [3.63, 3.8) is 0 Å². The summed E-state index contributed by atoms with van der Waals surface area (Å²) < 4.78 is 34.3. The molecule has 0 aromatic heterocycles. The second kappa shape index (κ2) is 7.25. The average molecular weight is 355 g/mol. The second-order valence-electron chi connectivity index (χ2n) is 5.79. The molecular formula is C20H21NO3S. The van der Waals surface area contributed by atoms with Crippen LogP contribution in [0.3, 0.4) is 0 Å². The minimum Gasteiger partial charge on any atom is -0.493 e. The molecule has 0 saturated carbocycles. The topological polar surface area (TPSA) is 55.4 Å². The summed E-state index contributed by atoms with van der Waals surface area (Å²) in [6.45, 7) is 4.27. The first-order chi connectivity index (χ1) is 12.0. The molecule has 1 atom stereocenters. The minimum absolute atomic E-state index is 0.259. The van der Waals surface area contributed by atoms with E-state index >= 15 is 0 Å². The number of nitrogens with one attached hydrogen (secondary N) is 1. The van der Waals surface area contributed by atoms with Gasteiger partial charge in [-0.15, -0.1) is 0 Å². The third kappa shape index (κ3) is 3.67. The number of rotatable bonds is 6. The lowest BCUT2D eigenvalue weighted by molar-refractivity contribution is 0.344. The van der Waals surface area contributed by atoms with Gasteiger partial charge >= 0.3 is 0 Å². The van der Waals surface area contributed by atoms with Crippen molar-refractivity contribution in [3.8, 4) is 5.75 Å². The molecule has 0 saturated heterocycles. The molecule has 3 aromatic rings. The quantitative estimate of drug-likeness (QED) is 0.718. The highest BCUT2D eigenvalue weighted by Crippen LogP contribution is 2.31. The molecule has 25 heavy (non-hydrogen) atoms. The molecule has 5 heteroatoms. The molecule has 1 N–H and O–H groups in total. The van der Waals surface area contributed by atoms with Gasteiger partial charge in [0.25, 0.3) is 0 Å². The van der Waals surface area contributed by atoms with Gasteiger partial charge in [0.05, 0.1) is 11.5 Å². The molecule has 0 fully saturated rings. The normalized spacial score (nSPS) is 12.9. The third-order valence-electron chi connectivity index (χ3n) is 4.06. The van der Waals surface area contributed by atoms with Gasteiger partial charge in [-0.1, -0.05) is 54.6 Å². The lowest BCUT2D eigenvalue weighted by Crippen LogP contribution is -2.27. The van der Waals surface area contributed by atoms with E-state index in [2.05, 4.69) is 4.72 Å². The Morgan fingerprint density at radius 1 is 0.920 bits per heavy atom. The molecule has 1 unspecified atom stereocenters. The monoisotopic (exact) mass is 355 g/mol. The first kappa shape index (κ1) is 17.5. The van der Waals surface area contributed by atoms with Crippen molar-refractivity contribution in [2.45, 2.75) is 24.8 Å². The van der Waals surface area contributed by atoms with Crippen LogP contribution < -0.4 is 9.46 Å². The van der Waals surface area contributed by atoms with E-state index in [0.717, 1.165) is 10.9 Å². The number of hydrogen-bond donors (Lipinski definition) is 1. The van der Waals surface area contributed by atoms with Crippen molar-refractivity contribution in [2.75, 3.05) is 6.61 Å². The molecule has 0 heterocycles. The van der Waals surface area contributed by atoms with E-state index in [0.29, 0.717) is 17.7 Å². The van der Waals surface area contributed by atoms with Crippen molar-refractivity contribution in [1.82, 2.24) is 4.72 Å². The largest absolute Gasteiger partial charge is 0.493 e. The molecule has 0 aliphatic heterocycles. The van der Waals surface area contributed by atoms with Crippen molar-refractivity contribution in [3.05, 3.63) is 72.3 Å². The highest BCUT2D eigenvalue weighted by atomic mass is 32.2. The highest BCUT2D eigenvalue weighted by Gasteiger charge is 2.21. The number of hydrogen-bond acceptors (Lipinski definition) is 3. The maximum absolute atomic E-state index is 12.9. The summed E-state index contributed by atoms with van der Waals surface area (Å²) in [6.07, 6.45) is 0. The average Bonchev–Trinajstić information content (AvgIpc) is 2.62. The molecule has 0 radical (unpaired) electrons. The Balaban J connectivity index is 2.02. The summed E-state index contributed by atoms with van der Waals surface area (Å²) in [4.78, 5) is 0.259. The summed E-state index contributed by atoms with van der Waals surface area (Å²) in [6, 6.07) is 19.9. The van der Waals surface area contributed by atoms with Gasteiger partial charge in [0.1, 0.15) is 5.75 Å². The summed E-state index contributed by atoms with van der Waals surface area (Å²) >= 11 is 0. The number of fused-ring (bicyclic) bond motifs is 1. The summed E-state index contributed by atoms with van der Waals surface area (Å²) in [5, 5.41) is 1.45. The maximum atomic E-state index is 12.9. The van der Waals surface area contributed by atoms with Crippen LogP contribution >= 0.6 is 0 Å². The van der Waals surface area contributed by atoms with E-state index in [-0.39, 0.29) is 10.9 Å². The Morgan fingerprint density at radius 2 is 1.56 bits per heavy atom. The second-order valence-corrected chi connectivity index (χ2v) is 7.48. The molecule has 0 spiro atoms. The minimum atomic E-state index is -3.67. The first-order valence-corrected chi connectivity index (χ1v) is 9.73. The Kier molecular flexibility index (Phi) is 5.06. The van der Waals surface area contributed by atoms with Crippen LogP contribution in [-0.4, -0.2) is 15.0 Å². The van der Waals surface area contributed by atoms with Crippen LogP contribution in [0.5, 0.6) is 5.75 Å². The van der Waals surface area contributed by atoms with Crippen molar-refractivity contribution < 1.29 is 13.2 Å². The van der Waals surface area contributed by atoms with Gasteiger partial charge in [-0.25, -0.2) is 13.1 Å². The molecule has 3 aromatic carbocycles. The fourth-order valence-corrected chi connectivity index (χ4v) is 4.31. The van der Waals surface area contributed by atoms with Crippen LogP contribution in [0.4, 0.5) is 0 Å². The molecule has 0 amide bonds. The van der Waals surface area contributed by atoms with Crippen LogP contribution in [0, 0.1) is 0 Å². The van der Waals surface area contributed by atoms with Gasteiger partial charge < -0.3 is 4.74 Å². The van der Waals surface area contributed by atoms with E-state index in [9.17, 15) is 8.42 Å². The lowest BCUT2D eigenvalue weighted by atomic mass is 10.1. The van der Waals surface area contributed by atoms with E-state index in [1.165, 1.54) is 0 Å². The Hall–Kier alpha value is -2.37. The summed E-state index contributed by atoms with van der Waals surface area (Å²) in [7, 11) is -3.67. The van der Waals surface area contributed by atoms with Gasteiger partial charge in [-0.2, -0.15) is 0 Å². The van der Waals surface area contributed by atoms with E-state index in [1.807, 2.05) is 62.4 Å². The fraction of sp³-hybridized carbons (Fsp3) is 0.200. The van der Waals surface area contributed by atoms with Crippen molar-refractivity contribution >= 4 is 20.8 Å². The van der Waals surface area contributed by atoms with E-state index < -0.39 is 10.0 Å².